The quantitative estimate of drug-likeness (QED) is 0.737. The number of carbonyl (C=O) groups excluding carboxylic acids is 2. The lowest BCUT2D eigenvalue weighted by Gasteiger charge is -2.24. The summed E-state index contributed by atoms with van der Waals surface area (Å²) in [5, 5.41) is 8.25. The standard InChI is InChI=1S/C14H19N3O3/c1-8-12(18)16-10-7-9(5-6-11(10)20-8)15-13(19)17-14(2,3)4/h5-8H,1-4H3,(H,16,18)(H2,15,17,19). The predicted octanol–water partition coefficient (Wildman–Crippen LogP) is 2.33. The molecule has 1 aromatic carbocycles. The van der Waals surface area contributed by atoms with E-state index in [0.717, 1.165) is 0 Å². The summed E-state index contributed by atoms with van der Waals surface area (Å²) in [6.07, 6.45) is -0.509. The van der Waals surface area contributed by atoms with Gasteiger partial charge in [0.15, 0.2) is 6.10 Å². The van der Waals surface area contributed by atoms with Crippen molar-refractivity contribution in [3.8, 4) is 5.75 Å². The smallest absolute Gasteiger partial charge is 0.319 e. The predicted molar refractivity (Wildman–Crippen MR) is 77.1 cm³/mol. The molecule has 0 saturated carbocycles. The molecule has 0 saturated heterocycles. The first-order valence-electron chi connectivity index (χ1n) is 6.45. The van der Waals surface area contributed by atoms with Gasteiger partial charge in [0.25, 0.3) is 5.91 Å². The summed E-state index contributed by atoms with van der Waals surface area (Å²) >= 11 is 0. The number of ether oxygens (including phenoxy) is 1. The van der Waals surface area contributed by atoms with Gasteiger partial charge < -0.3 is 20.7 Å². The zero-order valence-corrected chi connectivity index (χ0v) is 12.0. The SMILES string of the molecule is CC1Oc2ccc(NC(=O)NC(C)(C)C)cc2NC1=O. The molecule has 0 radical (unpaired) electrons. The van der Waals surface area contributed by atoms with E-state index in [9.17, 15) is 9.59 Å². The fourth-order valence-corrected chi connectivity index (χ4v) is 1.79. The van der Waals surface area contributed by atoms with E-state index in [-0.39, 0.29) is 17.5 Å². The van der Waals surface area contributed by atoms with E-state index in [2.05, 4.69) is 16.0 Å². The van der Waals surface area contributed by atoms with Crippen LogP contribution >= 0.6 is 0 Å². The maximum atomic E-state index is 11.8. The van der Waals surface area contributed by atoms with Crippen molar-refractivity contribution < 1.29 is 14.3 Å². The molecule has 20 heavy (non-hydrogen) atoms. The Hall–Kier alpha value is -2.24. The Morgan fingerprint density at radius 3 is 2.70 bits per heavy atom. The number of anilines is 2. The molecule has 0 aromatic heterocycles. The minimum absolute atomic E-state index is 0.200. The number of rotatable bonds is 1. The molecule has 108 valence electrons. The summed E-state index contributed by atoms with van der Waals surface area (Å²) in [5.74, 6) is 0.396. The van der Waals surface area contributed by atoms with Crippen molar-refractivity contribution >= 4 is 23.3 Å². The van der Waals surface area contributed by atoms with E-state index < -0.39 is 6.10 Å². The number of hydrogen-bond donors (Lipinski definition) is 3. The molecule has 0 fully saturated rings. The number of carbonyl (C=O) groups is 2. The highest BCUT2D eigenvalue weighted by atomic mass is 16.5. The third-order valence-corrected chi connectivity index (χ3v) is 2.66. The zero-order chi connectivity index (χ0) is 14.9. The summed E-state index contributed by atoms with van der Waals surface area (Å²) in [6.45, 7) is 7.37. The fraction of sp³-hybridized carbons (Fsp3) is 0.429. The van der Waals surface area contributed by atoms with Crippen LogP contribution in [-0.4, -0.2) is 23.6 Å². The van der Waals surface area contributed by atoms with Crippen LogP contribution in [0.15, 0.2) is 18.2 Å². The second-order valence-corrected chi connectivity index (χ2v) is 5.79. The lowest BCUT2D eigenvalue weighted by molar-refractivity contribution is -0.122. The summed E-state index contributed by atoms with van der Waals surface area (Å²) < 4.78 is 5.44. The monoisotopic (exact) mass is 277 g/mol. The highest BCUT2D eigenvalue weighted by Crippen LogP contribution is 2.32. The van der Waals surface area contributed by atoms with E-state index in [1.807, 2.05) is 20.8 Å². The molecular formula is C14H19N3O3. The van der Waals surface area contributed by atoms with Crippen LogP contribution in [0.3, 0.4) is 0 Å². The van der Waals surface area contributed by atoms with Crippen molar-refractivity contribution in [2.75, 3.05) is 10.6 Å². The van der Waals surface area contributed by atoms with Gasteiger partial charge in [-0.25, -0.2) is 4.79 Å². The minimum Gasteiger partial charge on any atom is -0.479 e. The van der Waals surface area contributed by atoms with Gasteiger partial charge in [0.1, 0.15) is 5.75 Å². The number of nitrogens with one attached hydrogen (secondary N) is 3. The first kappa shape index (κ1) is 14.2. The molecule has 1 aliphatic heterocycles. The third kappa shape index (κ3) is 3.40. The molecule has 1 aliphatic rings. The second kappa shape index (κ2) is 5.03. The Morgan fingerprint density at radius 2 is 2.05 bits per heavy atom. The van der Waals surface area contributed by atoms with Crippen LogP contribution < -0.4 is 20.7 Å². The van der Waals surface area contributed by atoms with Crippen LogP contribution in [0.1, 0.15) is 27.7 Å². The average molecular weight is 277 g/mol. The minimum atomic E-state index is -0.509. The third-order valence-electron chi connectivity index (χ3n) is 2.66. The van der Waals surface area contributed by atoms with Gasteiger partial charge in [0.2, 0.25) is 0 Å². The zero-order valence-electron chi connectivity index (χ0n) is 12.0. The molecule has 0 spiro atoms. The van der Waals surface area contributed by atoms with Crippen molar-refractivity contribution in [3.63, 3.8) is 0 Å². The summed E-state index contributed by atoms with van der Waals surface area (Å²) in [4.78, 5) is 23.3. The molecule has 3 amide bonds. The van der Waals surface area contributed by atoms with Crippen LogP contribution in [0.4, 0.5) is 16.2 Å². The van der Waals surface area contributed by atoms with Crippen LogP contribution in [0.5, 0.6) is 5.75 Å². The van der Waals surface area contributed by atoms with Crippen molar-refractivity contribution in [2.45, 2.75) is 39.3 Å². The first-order valence-corrected chi connectivity index (χ1v) is 6.45. The second-order valence-electron chi connectivity index (χ2n) is 5.79. The lowest BCUT2D eigenvalue weighted by Crippen LogP contribution is -2.43. The molecule has 6 nitrogen and oxygen atoms in total. The van der Waals surface area contributed by atoms with Crippen molar-refractivity contribution in [3.05, 3.63) is 18.2 Å². The van der Waals surface area contributed by atoms with E-state index in [1.54, 1.807) is 25.1 Å². The number of fused-ring (bicyclic) bond motifs is 1. The summed E-state index contributed by atoms with van der Waals surface area (Å²) in [7, 11) is 0. The van der Waals surface area contributed by atoms with E-state index in [0.29, 0.717) is 17.1 Å². The van der Waals surface area contributed by atoms with Crippen LogP contribution in [0.25, 0.3) is 0 Å². The van der Waals surface area contributed by atoms with Crippen molar-refractivity contribution in [2.24, 2.45) is 0 Å². The topological polar surface area (TPSA) is 79.5 Å². The Labute approximate surface area is 117 Å². The van der Waals surface area contributed by atoms with Crippen LogP contribution in [0, 0.1) is 0 Å². The van der Waals surface area contributed by atoms with Gasteiger partial charge in [-0.05, 0) is 45.9 Å². The van der Waals surface area contributed by atoms with Crippen LogP contribution in [-0.2, 0) is 4.79 Å². The Kier molecular flexibility index (Phi) is 3.57. The molecule has 0 aliphatic carbocycles. The molecular weight excluding hydrogens is 258 g/mol. The Bertz CT molecular complexity index is 549. The summed E-state index contributed by atoms with van der Waals surface area (Å²) in [6, 6.07) is 4.82. The Morgan fingerprint density at radius 1 is 1.35 bits per heavy atom. The van der Waals surface area contributed by atoms with Gasteiger partial charge in [-0.3, -0.25) is 4.79 Å². The van der Waals surface area contributed by atoms with E-state index in [4.69, 9.17) is 4.74 Å². The first-order chi connectivity index (χ1) is 9.24. The van der Waals surface area contributed by atoms with Crippen LogP contribution in [0.2, 0.25) is 0 Å². The summed E-state index contributed by atoms with van der Waals surface area (Å²) in [5.41, 5.74) is 0.830. The molecule has 1 aromatic rings. The Balaban J connectivity index is 2.10. The van der Waals surface area contributed by atoms with E-state index >= 15 is 0 Å². The molecule has 0 bridgehead atoms. The number of hydrogen-bond acceptors (Lipinski definition) is 3. The maximum absolute atomic E-state index is 11.8. The molecule has 1 heterocycles. The van der Waals surface area contributed by atoms with Gasteiger partial charge in [0, 0.05) is 11.2 Å². The van der Waals surface area contributed by atoms with Gasteiger partial charge >= 0.3 is 6.03 Å². The number of benzene rings is 1. The van der Waals surface area contributed by atoms with Crippen molar-refractivity contribution in [1.82, 2.24) is 5.32 Å². The highest BCUT2D eigenvalue weighted by Gasteiger charge is 2.23. The molecule has 1 atom stereocenters. The largest absolute Gasteiger partial charge is 0.479 e. The molecule has 1 unspecified atom stereocenters. The van der Waals surface area contributed by atoms with Crippen molar-refractivity contribution in [1.29, 1.82) is 0 Å². The fourth-order valence-electron chi connectivity index (χ4n) is 1.79. The normalized spacial score (nSPS) is 17.6. The number of urea groups is 1. The molecule has 6 heteroatoms. The van der Waals surface area contributed by atoms with Gasteiger partial charge in [-0.1, -0.05) is 0 Å². The molecule has 2 rings (SSSR count). The van der Waals surface area contributed by atoms with Gasteiger partial charge in [-0.2, -0.15) is 0 Å². The van der Waals surface area contributed by atoms with Gasteiger partial charge in [0.05, 0.1) is 5.69 Å². The average Bonchev–Trinajstić information content (AvgIpc) is 2.28. The maximum Gasteiger partial charge on any atom is 0.319 e. The van der Waals surface area contributed by atoms with Gasteiger partial charge in [-0.15, -0.1) is 0 Å². The molecule has 3 N–H and O–H groups in total. The highest BCUT2D eigenvalue weighted by molar-refractivity contribution is 5.99. The number of amides is 3. The van der Waals surface area contributed by atoms with E-state index in [1.165, 1.54) is 0 Å². The lowest BCUT2D eigenvalue weighted by atomic mass is 10.1.